The first-order chi connectivity index (χ1) is 6.17. The van der Waals surface area contributed by atoms with Crippen LogP contribution in [0.25, 0.3) is 0 Å². The molecule has 2 rings (SSSR count). The van der Waals surface area contributed by atoms with Gasteiger partial charge in [0.2, 0.25) is 0 Å². The molecule has 2 aliphatic rings. The molecule has 0 aromatic rings. The van der Waals surface area contributed by atoms with Crippen molar-refractivity contribution in [2.45, 2.75) is 26.7 Å². The Morgan fingerprint density at radius 2 is 2.23 bits per heavy atom. The van der Waals surface area contributed by atoms with Crippen LogP contribution in [0.3, 0.4) is 0 Å². The topological polar surface area (TPSA) is 0 Å². The van der Waals surface area contributed by atoms with Crippen LogP contribution in [0.1, 0.15) is 26.7 Å². The van der Waals surface area contributed by atoms with Gasteiger partial charge in [0.15, 0.2) is 0 Å². The number of fused-ring (bicyclic) bond motifs is 1. The molecule has 0 saturated carbocycles. The fourth-order valence-electron chi connectivity index (χ4n) is 1.76. The second-order valence-corrected chi connectivity index (χ2v) is 5.47. The second kappa shape index (κ2) is 3.38. The highest BCUT2D eigenvalue weighted by Gasteiger charge is 2.18. The zero-order valence-corrected chi connectivity index (χ0v) is 9.16. The van der Waals surface area contributed by atoms with Crippen LogP contribution in [0.4, 0.5) is 0 Å². The van der Waals surface area contributed by atoms with E-state index in [0.29, 0.717) is 0 Å². The molecule has 0 radical (unpaired) electrons. The Kier molecular flexibility index (Phi) is 2.37. The minimum Gasteiger partial charge on any atom is -0.126 e. The highest BCUT2D eigenvalue weighted by atomic mass is 32.2. The molecular weight excluding hydrogens is 176 g/mol. The summed E-state index contributed by atoms with van der Waals surface area (Å²) in [6.45, 7) is 4.53. The lowest BCUT2D eigenvalue weighted by atomic mass is 9.93. The van der Waals surface area contributed by atoms with E-state index < -0.39 is 0 Å². The molecule has 70 valence electrons. The average molecular weight is 192 g/mol. The predicted octanol–water partition coefficient (Wildman–Crippen LogP) is 3.92. The predicted molar refractivity (Wildman–Crippen MR) is 60.8 cm³/mol. The monoisotopic (exact) mass is 192 g/mol. The number of rotatable bonds is 0. The molecule has 0 aromatic carbocycles. The van der Waals surface area contributed by atoms with Gasteiger partial charge in [0.1, 0.15) is 0 Å². The molecule has 0 nitrogen and oxygen atoms in total. The molecule has 1 aliphatic heterocycles. The molecule has 0 amide bonds. The summed E-state index contributed by atoms with van der Waals surface area (Å²) in [5.41, 5.74) is 1.77. The molecule has 0 bridgehead atoms. The molecule has 1 aliphatic carbocycles. The summed E-state index contributed by atoms with van der Waals surface area (Å²) in [5.74, 6) is 1.29. The van der Waals surface area contributed by atoms with E-state index in [2.05, 4.69) is 38.2 Å². The van der Waals surface area contributed by atoms with Crippen LogP contribution >= 0.6 is 11.8 Å². The van der Waals surface area contributed by atoms with Crippen molar-refractivity contribution in [3.8, 4) is 0 Å². The van der Waals surface area contributed by atoms with Crippen molar-refractivity contribution in [1.82, 2.24) is 0 Å². The molecule has 0 spiro atoms. The minimum atomic E-state index is 0.234. The van der Waals surface area contributed by atoms with Crippen LogP contribution in [0.2, 0.25) is 0 Å². The number of thioether (sulfide) groups is 1. The quantitative estimate of drug-likeness (QED) is 0.560. The van der Waals surface area contributed by atoms with Crippen molar-refractivity contribution in [3.05, 3.63) is 34.8 Å². The molecule has 1 saturated heterocycles. The van der Waals surface area contributed by atoms with E-state index in [9.17, 15) is 0 Å². The van der Waals surface area contributed by atoms with Gasteiger partial charge in [-0.05, 0) is 24.2 Å². The third kappa shape index (κ3) is 2.08. The first-order valence-corrected chi connectivity index (χ1v) is 5.90. The zero-order chi connectivity index (χ0) is 9.31. The Morgan fingerprint density at radius 1 is 1.38 bits per heavy atom. The van der Waals surface area contributed by atoms with Crippen molar-refractivity contribution >= 4 is 11.8 Å². The maximum atomic E-state index is 2.41. The van der Waals surface area contributed by atoms with Gasteiger partial charge in [-0.3, -0.25) is 0 Å². The van der Waals surface area contributed by atoms with Gasteiger partial charge in [-0.25, -0.2) is 0 Å². The molecule has 0 aromatic heterocycles. The van der Waals surface area contributed by atoms with Gasteiger partial charge in [-0.15, -0.1) is 11.8 Å². The van der Waals surface area contributed by atoms with Crippen LogP contribution in [-0.4, -0.2) is 5.75 Å². The Hall–Kier alpha value is -0.430. The van der Waals surface area contributed by atoms with Gasteiger partial charge in [-0.1, -0.05) is 38.2 Å². The van der Waals surface area contributed by atoms with Crippen LogP contribution in [0.5, 0.6) is 0 Å². The highest BCUT2D eigenvalue weighted by molar-refractivity contribution is 8.03. The minimum absolute atomic E-state index is 0.234. The first kappa shape index (κ1) is 9.14. The van der Waals surface area contributed by atoms with E-state index in [1.165, 1.54) is 29.1 Å². The van der Waals surface area contributed by atoms with Gasteiger partial charge in [0.25, 0.3) is 0 Å². The largest absolute Gasteiger partial charge is 0.126 e. The van der Waals surface area contributed by atoms with E-state index in [4.69, 9.17) is 0 Å². The molecule has 1 fully saturated rings. The summed E-state index contributed by atoms with van der Waals surface area (Å²) in [6, 6.07) is 0. The van der Waals surface area contributed by atoms with E-state index >= 15 is 0 Å². The summed E-state index contributed by atoms with van der Waals surface area (Å²) >= 11 is 2.02. The Balaban J connectivity index is 2.34. The fourth-order valence-corrected chi connectivity index (χ4v) is 3.01. The number of hydrogen-bond donors (Lipinski definition) is 0. The van der Waals surface area contributed by atoms with Crippen LogP contribution < -0.4 is 0 Å². The lowest BCUT2D eigenvalue weighted by Gasteiger charge is -2.20. The smallest absolute Gasteiger partial charge is 0.00725 e. The van der Waals surface area contributed by atoms with Crippen molar-refractivity contribution in [3.63, 3.8) is 0 Å². The van der Waals surface area contributed by atoms with E-state index in [0.717, 1.165) is 0 Å². The van der Waals surface area contributed by atoms with Crippen molar-refractivity contribution < 1.29 is 0 Å². The average Bonchev–Trinajstić information content (AvgIpc) is 2.21. The lowest BCUT2D eigenvalue weighted by molar-refractivity contribution is 0.625. The lowest BCUT2D eigenvalue weighted by Crippen LogP contribution is -2.04. The summed E-state index contributed by atoms with van der Waals surface area (Å²) < 4.78 is 0. The van der Waals surface area contributed by atoms with Gasteiger partial charge in [0, 0.05) is 10.3 Å². The normalized spacial score (nSPS) is 25.7. The Labute approximate surface area is 84.8 Å². The van der Waals surface area contributed by atoms with Crippen molar-refractivity contribution in [1.29, 1.82) is 0 Å². The standard InChI is InChI=1S/C12H16S/c1-12(2)7-3-5-10-6-4-8-13-11(10)9-12/h3,5,7,9H,4,6,8H2,1-2H3. The summed E-state index contributed by atoms with van der Waals surface area (Å²) in [4.78, 5) is 1.52. The molecule has 0 N–H and O–H groups in total. The highest BCUT2D eigenvalue weighted by Crippen LogP contribution is 2.38. The Bertz CT molecular complexity index is 292. The summed E-state index contributed by atoms with van der Waals surface area (Å²) in [6.07, 6.45) is 11.8. The van der Waals surface area contributed by atoms with Crippen molar-refractivity contribution in [2.75, 3.05) is 5.75 Å². The van der Waals surface area contributed by atoms with E-state index in [-0.39, 0.29) is 5.41 Å². The third-order valence-corrected chi connectivity index (χ3v) is 3.67. The zero-order valence-electron chi connectivity index (χ0n) is 8.34. The van der Waals surface area contributed by atoms with Gasteiger partial charge >= 0.3 is 0 Å². The summed E-state index contributed by atoms with van der Waals surface area (Å²) in [7, 11) is 0. The first-order valence-electron chi connectivity index (χ1n) is 4.92. The molecular formula is C12H16S. The Morgan fingerprint density at radius 3 is 3.08 bits per heavy atom. The summed E-state index contributed by atoms with van der Waals surface area (Å²) in [5, 5.41) is 0. The number of hydrogen-bond acceptors (Lipinski definition) is 1. The van der Waals surface area contributed by atoms with Crippen LogP contribution in [0.15, 0.2) is 34.8 Å². The van der Waals surface area contributed by atoms with Gasteiger partial charge in [0.05, 0.1) is 0 Å². The maximum absolute atomic E-state index is 2.41. The molecule has 1 heteroatoms. The van der Waals surface area contributed by atoms with Crippen LogP contribution in [0, 0.1) is 5.41 Å². The van der Waals surface area contributed by atoms with Crippen LogP contribution in [-0.2, 0) is 0 Å². The van der Waals surface area contributed by atoms with Gasteiger partial charge < -0.3 is 0 Å². The van der Waals surface area contributed by atoms with Gasteiger partial charge in [-0.2, -0.15) is 0 Å². The third-order valence-electron chi connectivity index (χ3n) is 2.49. The van der Waals surface area contributed by atoms with E-state index in [1.807, 2.05) is 11.8 Å². The van der Waals surface area contributed by atoms with Crippen molar-refractivity contribution in [2.24, 2.45) is 5.41 Å². The fraction of sp³-hybridized carbons (Fsp3) is 0.500. The number of allylic oxidation sites excluding steroid dienone is 5. The molecule has 0 unspecified atom stereocenters. The molecule has 1 heterocycles. The molecule has 0 atom stereocenters. The maximum Gasteiger partial charge on any atom is 0.00725 e. The second-order valence-electron chi connectivity index (χ2n) is 4.33. The SMILES string of the molecule is CC1(C)C=CC=C2CCCSC2=C1. The van der Waals surface area contributed by atoms with E-state index in [1.54, 1.807) is 0 Å². The molecule has 13 heavy (non-hydrogen) atoms.